The first-order chi connectivity index (χ1) is 10.0. The van der Waals surface area contributed by atoms with Crippen LogP contribution in [0.25, 0.3) is 0 Å². The number of hydrogen-bond acceptors (Lipinski definition) is 2. The van der Waals surface area contributed by atoms with E-state index < -0.39 is 17.6 Å². The van der Waals surface area contributed by atoms with Gasteiger partial charge in [-0.1, -0.05) is 48.5 Å². The Morgan fingerprint density at radius 1 is 1.14 bits per heavy atom. The molecule has 0 aliphatic rings. The van der Waals surface area contributed by atoms with Gasteiger partial charge in [-0.05, 0) is 24.6 Å². The predicted octanol–water partition coefficient (Wildman–Crippen LogP) is 3.61. The van der Waals surface area contributed by atoms with Crippen LogP contribution in [-0.4, -0.2) is 18.4 Å². The number of carbonyl (C=O) groups excluding carboxylic acids is 2. The molecule has 0 aliphatic heterocycles. The summed E-state index contributed by atoms with van der Waals surface area (Å²) in [5, 5.41) is 4.78. The lowest BCUT2D eigenvalue weighted by Gasteiger charge is -2.07. The standard InChI is InChI=1S/C15H20BrFN2O2/c1-2-3-4-5-6-9-18-14(20)15(21)19-13-8-7-11(16)10-12(13)17/h7-8,10H,2-6,9H2,1H3,(H,18,20)(H,19,21). The molecule has 2 N–H and O–H groups in total. The molecule has 21 heavy (non-hydrogen) atoms. The Balaban J connectivity index is 2.32. The second kappa shape index (κ2) is 9.50. The molecule has 0 saturated heterocycles. The fourth-order valence-corrected chi connectivity index (χ4v) is 2.11. The van der Waals surface area contributed by atoms with Gasteiger partial charge in [0.15, 0.2) is 0 Å². The van der Waals surface area contributed by atoms with Gasteiger partial charge in [0.2, 0.25) is 0 Å². The topological polar surface area (TPSA) is 58.2 Å². The van der Waals surface area contributed by atoms with E-state index in [0.29, 0.717) is 11.0 Å². The van der Waals surface area contributed by atoms with Crippen LogP contribution in [0.3, 0.4) is 0 Å². The Hall–Kier alpha value is -1.43. The molecule has 0 atom stereocenters. The third-order valence-corrected chi connectivity index (χ3v) is 3.44. The van der Waals surface area contributed by atoms with Gasteiger partial charge >= 0.3 is 11.8 Å². The van der Waals surface area contributed by atoms with E-state index in [1.807, 2.05) is 0 Å². The first kappa shape index (κ1) is 17.6. The van der Waals surface area contributed by atoms with Crippen molar-refractivity contribution >= 4 is 33.4 Å². The summed E-state index contributed by atoms with van der Waals surface area (Å²) in [6.45, 7) is 2.59. The van der Waals surface area contributed by atoms with Crippen LogP contribution in [0.1, 0.15) is 39.0 Å². The Bertz CT molecular complexity index is 495. The van der Waals surface area contributed by atoms with Crippen LogP contribution in [0, 0.1) is 5.82 Å². The van der Waals surface area contributed by atoms with E-state index in [2.05, 4.69) is 33.5 Å². The van der Waals surface area contributed by atoms with E-state index in [9.17, 15) is 14.0 Å². The second-order valence-corrected chi connectivity index (χ2v) is 5.66. The van der Waals surface area contributed by atoms with Crippen LogP contribution >= 0.6 is 15.9 Å². The van der Waals surface area contributed by atoms with Gasteiger partial charge in [-0.3, -0.25) is 9.59 Å². The fourth-order valence-electron chi connectivity index (χ4n) is 1.78. The fraction of sp³-hybridized carbons (Fsp3) is 0.467. The molecule has 0 fully saturated rings. The van der Waals surface area contributed by atoms with E-state index in [1.54, 1.807) is 6.07 Å². The molecule has 116 valence electrons. The number of hydrogen-bond donors (Lipinski definition) is 2. The highest BCUT2D eigenvalue weighted by molar-refractivity contribution is 9.10. The summed E-state index contributed by atoms with van der Waals surface area (Å²) in [5.74, 6) is -2.19. The summed E-state index contributed by atoms with van der Waals surface area (Å²) in [5.41, 5.74) is -0.0127. The molecule has 0 aliphatic carbocycles. The van der Waals surface area contributed by atoms with Crippen molar-refractivity contribution in [2.24, 2.45) is 0 Å². The Labute approximate surface area is 132 Å². The maximum Gasteiger partial charge on any atom is 0.313 e. The van der Waals surface area contributed by atoms with Crippen LogP contribution in [0.15, 0.2) is 22.7 Å². The van der Waals surface area contributed by atoms with Crippen molar-refractivity contribution < 1.29 is 14.0 Å². The lowest BCUT2D eigenvalue weighted by molar-refractivity contribution is -0.136. The summed E-state index contributed by atoms with van der Waals surface area (Å²) in [6, 6.07) is 4.21. The van der Waals surface area contributed by atoms with Gasteiger partial charge in [-0.15, -0.1) is 0 Å². The van der Waals surface area contributed by atoms with Gasteiger partial charge in [0.25, 0.3) is 0 Å². The Kier molecular flexibility index (Phi) is 7.97. The number of unbranched alkanes of at least 4 members (excludes halogenated alkanes) is 4. The highest BCUT2D eigenvalue weighted by atomic mass is 79.9. The number of halogens is 2. The third-order valence-electron chi connectivity index (χ3n) is 2.95. The second-order valence-electron chi connectivity index (χ2n) is 4.75. The van der Waals surface area contributed by atoms with Gasteiger partial charge < -0.3 is 10.6 Å². The minimum atomic E-state index is -0.857. The molecular weight excluding hydrogens is 339 g/mol. The Morgan fingerprint density at radius 2 is 1.86 bits per heavy atom. The number of benzene rings is 1. The molecule has 0 radical (unpaired) electrons. The highest BCUT2D eigenvalue weighted by Crippen LogP contribution is 2.19. The summed E-state index contributed by atoms with van der Waals surface area (Å²) in [7, 11) is 0. The number of carbonyl (C=O) groups is 2. The predicted molar refractivity (Wildman–Crippen MR) is 84.5 cm³/mol. The SMILES string of the molecule is CCCCCCCNC(=O)C(=O)Nc1ccc(Br)cc1F. The smallest absolute Gasteiger partial charge is 0.313 e. The first-order valence-electron chi connectivity index (χ1n) is 7.08. The quantitative estimate of drug-likeness (QED) is 0.577. The first-order valence-corrected chi connectivity index (χ1v) is 7.88. The zero-order valence-electron chi connectivity index (χ0n) is 12.0. The molecule has 0 unspecified atom stereocenters. The van der Waals surface area contributed by atoms with Crippen LogP contribution in [0.4, 0.5) is 10.1 Å². The number of anilines is 1. The van der Waals surface area contributed by atoms with Crippen molar-refractivity contribution in [1.82, 2.24) is 5.32 Å². The van der Waals surface area contributed by atoms with Gasteiger partial charge in [0, 0.05) is 11.0 Å². The van der Waals surface area contributed by atoms with Crippen molar-refractivity contribution in [2.45, 2.75) is 39.0 Å². The summed E-state index contributed by atoms with van der Waals surface area (Å²) in [4.78, 5) is 23.2. The van der Waals surface area contributed by atoms with Crippen LogP contribution < -0.4 is 10.6 Å². The van der Waals surface area contributed by atoms with E-state index in [-0.39, 0.29) is 5.69 Å². The van der Waals surface area contributed by atoms with Gasteiger partial charge in [-0.2, -0.15) is 0 Å². The van der Waals surface area contributed by atoms with Crippen molar-refractivity contribution in [3.63, 3.8) is 0 Å². The van der Waals surface area contributed by atoms with Crippen LogP contribution in [-0.2, 0) is 9.59 Å². The van der Waals surface area contributed by atoms with Gasteiger partial charge in [0.1, 0.15) is 5.82 Å². The molecule has 0 heterocycles. The molecule has 0 saturated carbocycles. The molecule has 1 rings (SSSR count). The maximum atomic E-state index is 13.5. The third kappa shape index (κ3) is 6.71. The zero-order valence-corrected chi connectivity index (χ0v) is 13.6. The van der Waals surface area contributed by atoms with Crippen molar-refractivity contribution in [3.8, 4) is 0 Å². The average molecular weight is 359 g/mol. The summed E-state index contributed by atoms with van der Waals surface area (Å²) < 4.78 is 14.1. The lowest BCUT2D eigenvalue weighted by Crippen LogP contribution is -2.36. The van der Waals surface area contributed by atoms with E-state index in [0.717, 1.165) is 25.7 Å². The number of rotatable bonds is 7. The summed E-state index contributed by atoms with van der Waals surface area (Å²) >= 11 is 3.12. The van der Waals surface area contributed by atoms with E-state index in [4.69, 9.17) is 0 Å². The van der Waals surface area contributed by atoms with Gasteiger partial charge in [-0.25, -0.2) is 4.39 Å². The molecule has 0 aromatic heterocycles. The maximum absolute atomic E-state index is 13.5. The number of amides is 2. The normalized spacial score (nSPS) is 10.2. The average Bonchev–Trinajstić information content (AvgIpc) is 2.45. The lowest BCUT2D eigenvalue weighted by atomic mass is 10.1. The zero-order chi connectivity index (χ0) is 15.7. The molecule has 0 bridgehead atoms. The molecule has 1 aromatic carbocycles. The Morgan fingerprint density at radius 3 is 2.52 bits per heavy atom. The molecule has 1 aromatic rings. The molecule has 2 amide bonds. The van der Waals surface area contributed by atoms with Crippen LogP contribution in [0.5, 0.6) is 0 Å². The van der Waals surface area contributed by atoms with Crippen molar-refractivity contribution in [2.75, 3.05) is 11.9 Å². The molecule has 0 spiro atoms. The molecule has 6 heteroatoms. The minimum absolute atomic E-state index is 0.0127. The van der Waals surface area contributed by atoms with Gasteiger partial charge in [0.05, 0.1) is 5.69 Å². The molecule has 4 nitrogen and oxygen atoms in total. The number of nitrogens with one attached hydrogen (secondary N) is 2. The van der Waals surface area contributed by atoms with Crippen LogP contribution in [0.2, 0.25) is 0 Å². The monoisotopic (exact) mass is 358 g/mol. The minimum Gasteiger partial charge on any atom is -0.348 e. The highest BCUT2D eigenvalue weighted by Gasteiger charge is 2.14. The van der Waals surface area contributed by atoms with Crippen molar-refractivity contribution in [1.29, 1.82) is 0 Å². The largest absolute Gasteiger partial charge is 0.348 e. The summed E-state index contributed by atoms with van der Waals surface area (Å²) in [6.07, 6.45) is 5.33. The van der Waals surface area contributed by atoms with E-state index >= 15 is 0 Å². The van der Waals surface area contributed by atoms with E-state index in [1.165, 1.54) is 18.6 Å². The molecular formula is C15H20BrFN2O2. The van der Waals surface area contributed by atoms with Crippen molar-refractivity contribution in [3.05, 3.63) is 28.5 Å².